The van der Waals surface area contributed by atoms with Crippen molar-refractivity contribution in [2.45, 2.75) is 6.92 Å². The number of halogens is 1. The Bertz CT molecular complexity index is 1160. The Morgan fingerprint density at radius 2 is 2.11 bits per heavy atom. The maximum absolute atomic E-state index is 12.8. The highest BCUT2D eigenvalue weighted by Gasteiger charge is 2.25. The molecular weight excluding hydrogens is 418 g/mol. The van der Waals surface area contributed by atoms with Crippen molar-refractivity contribution >= 4 is 56.7 Å². The van der Waals surface area contributed by atoms with Gasteiger partial charge in [-0.05, 0) is 30.5 Å². The summed E-state index contributed by atoms with van der Waals surface area (Å²) in [6, 6.07) is 9.21. The number of ether oxygens (including phenoxy) is 1. The van der Waals surface area contributed by atoms with Crippen LogP contribution in [0.2, 0.25) is 5.02 Å². The van der Waals surface area contributed by atoms with E-state index in [-0.39, 0.29) is 17.3 Å². The average molecular weight is 432 g/mol. The van der Waals surface area contributed by atoms with Crippen molar-refractivity contribution in [3.63, 3.8) is 0 Å². The maximum Gasteiger partial charge on any atom is 0.341 e. The molecule has 0 aliphatic rings. The fourth-order valence-corrected chi connectivity index (χ4v) is 4.78. The molecule has 0 aliphatic carbocycles. The first-order valence-corrected chi connectivity index (χ1v) is 10.5. The largest absolute Gasteiger partial charge is 0.462 e. The van der Waals surface area contributed by atoms with Gasteiger partial charge in [0.25, 0.3) is 5.91 Å². The molecule has 0 saturated carbocycles. The smallest absolute Gasteiger partial charge is 0.341 e. The first-order chi connectivity index (χ1) is 13.6. The number of nitrogens with one attached hydrogen (secondary N) is 1. The van der Waals surface area contributed by atoms with Crippen LogP contribution in [0, 0.1) is 0 Å². The van der Waals surface area contributed by atoms with Gasteiger partial charge in [-0.15, -0.1) is 22.7 Å². The predicted molar refractivity (Wildman–Crippen MR) is 112 cm³/mol. The van der Waals surface area contributed by atoms with Crippen LogP contribution >= 0.6 is 34.3 Å². The minimum absolute atomic E-state index is 0.0914. The second-order valence-corrected chi connectivity index (χ2v) is 7.90. The van der Waals surface area contributed by atoms with Gasteiger partial charge in [0, 0.05) is 22.0 Å². The lowest BCUT2D eigenvalue weighted by molar-refractivity contribution is 0.0529. The molecule has 0 bridgehead atoms. The second kappa shape index (κ2) is 7.75. The fraction of sp³-hybridized carbons (Fsp3) is 0.105. The lowest BCUT2D eigenvalue weighted by atomic mass is 10.1. The molecule has 4 heterocycles. The number of hydrogen-bond acceptors (Lipinski definition) is 6. The van der Waals surface area contributed by atoms with E-state index in [0.717, 1.165) is 10.4 Å². The van der Waals surface area contributed by atoms with Gasteiger partial charge < -0.3 is 10.1 Å². The highest BCUT2D eigenvalue weighted by Crippen LogP contribution is 2.38. The first-order valence-electron chi connectivity index (χ1n) is 8.36. The molecule has 0 fully saturated rings. The van der Waals surface area contributed by atoms with Crippen molar-refractivity contribution in [3.8, 4) is 10.4 Å². The van der Waals surface area contributed by atoms with Crippen LogP contribution in [0.3, 0.4) is 0 Å². The Morgan fingerprint density at radius 1 is 1.25 bits per heavy atom. The van der Waals surface area contributed by atoms with Crippen molar-refractivity contribution < 1.29 is 14.3 Å². The van der Waals surface area contributed by atoms with Crippen LogP contribution in [0.5, 0.6) is 0 Å². The van der Waals surface area contributed by atoms with Crippen molar-refractivity contribution in [2.24, 2.45) is 0 Å². The van der Waals surface area contributed by atoms with Crippen molar-refractivity contribution in [1.82, 2.24) is 9.61 Å². The van der Waals surface area contributed by atoms with E-state index < -0.39 is 11.9 Å². The van der Waals surface area contributed by atoms with Crippen LogP contribution in [0.25, 0.3) is 16.0 Å². The third kappa shape index (κ3) is 3.30. The van der Waals surface area contributed by atoms with Crippen molar-refractivity contribution in [2.75, 3.05) is 11.9 Å². The highest BCUT2D eigenvalue weighted by molar-refractivity contribution is 7.17. The molecule has 0 spiro atoms. The minimum atomic E-state index is -0.487. The lowest BCUT2D eigenvalue weighted by Gasteiger charge is -2.07. The molecule has 1 amide bonds. The number of carbonyl (C=O) groups excluding carboxylic acids is 2. The molecule has 0 radical (unpaired) electrons. The van der Waals surface area contributed by atoms with Gasteiger partial charge in [-0.25, -0.2) is 9.31 Å². The minimum Gasteiger partial charge on any atom is -0.462 e. The zero-order valence-corrected chi connectivity index (χ0v) is 17.0. The number of nitrogens with zero attached hydrogens (tertiary/aromatic N) is 2. The molecule has 1 N–H and O–H groups in total. The predicted octanol–water partition coefficient (Wildman–Crippen LogP) is 5.21. The van der Waals surface area contributed by atoms with E-state index in [1.807, 2.05) is 29.0 Å². The highest BCUT2D eigenvalue weighted by atomic mass is 35.5. The number of amides is 1. The Hall–Kier alpha value is -2.68. The van der Waals surface area contributed by atoms with Crippen LogP contribution < -0.4 is 5.32 Å². The number of fused-ring (bicyclic) bond motifs is 1. The standard InChI is InChI=1S/C19H14ClN3O3S2/c1-2-26-19(25)14-11(13-7-5-9-27-13)10-28-18(14)21-17(24)16-15(20)12-6-3-4-8-23(12)22-16/h3-10H,2H2,1H3,(H,21,24). The molecular formula is C19H14ClN3O3S2. The van der Waals surface area contributed by atoms with E-state index in [4.69, 9.17) is 16.3 Å². The van der Waals surface area contributed by atoms with Crippen molar-refractivity contribution in [1.29, 1.82) is 0 Å². The van der Waals surface area contributed by atoms with E-state index in [9.17, 15) is 9.59 Å². The van der Waals surface area contributed by atoms with Crippen LogP contribution in [0.15, 0.2) is 47.3 Å². The van der Waals surface area contributed by atoms with E-state index in [1.54, 1.807) is 25.3 Å². The third-order valence-corrected chi connectivity index (χ3v) is 6.15. The summed E-state index contributed by atoms with van der Waals surface area (Å²) in [6.07, 6.45) is 1.71. The Labute approximate surface area is 173 Å². The van der Waals surface area contributed by atoms with E-state index in [0.29, 0.717) is 16.1 Å². The zero-order valence-electron chi connectivity index (χ0n) is 14.6. The Balaban J connectivity index is 1.71. The monoisotopic (exact) mass is 431 g/mol. The second-order valence-electron chi connectivity index (χ2n) is 5.70. The van der Waals surface area contributed by atoms with Gasteiger partial charge in [-0.3, -0.25) is 4.79 Å². The van der Waals surface area contributed by atoms with Gasteiger partial charge in [0.05, 0.1) is 17.1 Å². The summed E-state index contributed by atoms with van der Waals surface area (Å²) < 4.78 is 6.74. The van der Waals surface area contributed by atoms with E-state index in [2.05, 4.69) is 10.4 Å². The Kier molecular flexibility index (Phi) is 5.17. The summed E-state index contributed by atoms with van der Waals surface area (Å²) in [5, 5.41) is 11.4. The van der Waals surface area contributed by atoms with Crippen molar-refractivity contribution in [3.05, 3.63) is 63.6 Å². The summed E-state index contributed by atoms with van der Waals surface area (Å²) in [5.41, 5.74) is 1.79. The third-order valence-electron chi connectivity index (χ3n) is 3.98. The number of carbonyl (C=O) groups is 2. The topological polar surface area (TPSA) is 72.7 Å². The lowest BCUT2D eigenvalue weighted by Crippen LogP contribution is -2.15. The number of rotatable bonds is 5. The van der Waals surface area contributed by atoms with Gasteiger partial charge in [0.1, 0.15) is 10.6 Å². The van der Waals surface area contributed by atoms with E-state index >= 15 is 0 Å². The molecule has 6 nitrogen and oxygen atoms in total. The van der Waals surface area contributed by atoms with Gasteiger partial charge in [0.15, 0.2) is 5.69 Å². The summed E-state index contributed by atoms with van der Waals surface area (Å²) in [4.78, 5) is 26.3. The molecule has 4 rings (SSSR count). The van der Waals surface area contributed by atoms with Gasteiger partial charge in [0.2, 0.25) is 0 Å². The van der Waals surface area contributed by atoms with Crippen LogP contribution in [-0.4, -0.2) is 28.1 Å². The molecule has 0 atom stereocenters. The summed E-state index contributed by atoms with van der Waals surface area (Å²) in [7, 11) is 0. The molecule has 0 unspecified atom stereocenters. The maximum atomic E-state index is 12.8. The number of esters is 1. The van der Waals surface area contributed by atoms with Gasteiger partial charge in [-0.2, -0.15) is 5.10 Å². The molecule has 142 valence electrons. The van der Waals surface area contributed by atoms with Gasteiger partial charge >= 0.3 is 5.97 Å². The van der Waals surface area contributed by atoms with Crippen LogP contribution in [0.1, 0.15) is 27.8 Å². The molecule has 0 aliphatic heterocycles. The molecule has 4 aromatic heterocycles. The number of hydrogen-bond donors (Lipinski definition) is 1. The molecule has 9 heteroatoms. The first kappa shape index (κ1) is 18.7. The summed E-state index contributed by atoms with van der Waals surface area (Å²) >= 11 is 9.10. The Morgan fingerprint density at radius 3 is 2.82 bits per heavy atom. The zero-order chi connectivity index (χ0) is 19.7. The number of pyridine rings is 1. The summed E-state index contributed by atoms with van der Waals surface area (Å²) in [5.74, 6) is -0.970. The number of anilines is 1. The molecule has 0 saturated heterocycles. The number of thiophene rings is 2. The van der Waals surface area contributed by atoms with Crippen LogP contribution in [0.4, 0.5) is 5.00 Å². The molecule has 0 aromatic carbocycles. The van der Waals surface area contributed by atoms with Gasteiger partial charge in [-0.1, -0.05) is 23.7 Å². The SMILES string of the molecule is CCOC(=O)c1c(-c2cccs2)csc1NC(=O)c1nn2ccccc2c1Cl. The van der Waals surface area contributed by atoms with E-state index in [1.165, 1.54) is 27.2 Å². The fourth-order valence-electron chi connectivity index (χ4n) is 2.74. The van der Waals surface area contributed by atoms with Crippen LogP contribution in [-0.2, 0) is 4.74 Å². The number of aromatic nitrogens is 2. The average Bonchev–Trinajstić information content (AvgIpc) is 3.41. The quantitative estimate of drug-likeness (QED) is 0.440. The molecule has 4 aromatic rings. The summed E-state index contributed by atoms with van der Waals surface area (Å²) in [6.45, 7) is 1.98. The molecule has 28 heavy (non-hydrogen) atoms. The normalized spacial score (nSPS) is 10.9.